The molecule has 2 N–H and O–H groups in total. The van der Waals surface area contributed by atoms with Crippen molar-refractivity contribution in [3.63, 3.8) is 0 Å². The second-order valence-corrected chi connectivity index (χ2v) is 8.13. The van der Waals surface area contributed by atoms with E-state index < -0.39 is 5.82 Å². The number of hydrogen-bond donors (Lipinski definition) is 2. The van der Waals surface area contributed by atoms with Gasteiger partial charge in [-0.2, -0.15) is 5.10 Å². The Balaban J connectivity index is 1.52. The third kappa shape index (κ3) is 4.25. The summed E-state index contributed by atoms with van der Waals surface area (Å²) in [6, 6.07) is 3.85. The van der Waals surface area contributed by atoms with Crippen LogP contribution in [0.15, 0.2) is 18.2 Å². The summed E-state index contributed by atoms with van der Waals surface area (Å²) in [5.41, 5.74) is 4.06. The van der Waals surface area contributed by atoms with E-state index in [9.17, 15) is 9.18 Å². The zero-order chi connectivity index (χ0) is 23.7. The number of hydrogen-bond acceptors (Lipinski definition) is 6. The minimum atomic E-state index is -0.503. The monoisotopic (exact) mass is 471 g/mol. The van der Waals surface area contributed by atoms with Crippen LogP contribution in [0.25, 0.3) is 5.65 Å². The van der Waals surface area contributed by atoms with Crippen LogP contribution in [0.5, 0.6) is 5.75 Å². The Morgan fingerprint density at radius 1 is 1.30 bits per heavy atom. The van der Waals surface area contributed by atoms with Crippen molar-refractivity contribution in [3.05, 3.63) is 57.2 Å². The fraction of sp³-hybridized carbons (Fsp3) is 0.318. The molecule has 0 aliphatic carbocycles. The van der Waals surface area contributed by atoms with E-state index in [1.165, 1.54) is 23.1 Å². The summed E-state index contributed by atoms with van der Waals surface area (Å²) in [5, 5.41) is 19.5. The van der Waals surface area contributed by atoms with Crippen LogP contribution in [0.3, 0.4) is 0 Å². The van der Waals surface area contributed by atoms with Crippen molar-refractivity contribution in [1.82, 2.24) is 24.4 Å². The molecule has 0 radical (unpaired) electrons. The van der Waals surface area contributed by atoms with Gasteiger partial charge in [-0.25, -0.2) is 13.9 Å². The molecule has 1 aliphatic heterocycles. The summed E-state index contributed by atoms with van der Waals surface area (Å²) in [5.74, 6) is -0.632. The third-order valence-electron chi connectivity index (χ3n) is 5.57. The highest BCUT2D eigenvalue weighted by molar-refractivity contribution is 6.31. The maximum Gasteiger partial charge on any atom is 0.258 e. The highest BCUT2D eigenvalue weighted by Crippen LogP contribution is 2.31. The minimum absolute atomic E-state index is 0.159. The molecule has 11 heteroatoms. The number of rotatable bonds is 8. The lowest BCUT2D eigenvalue weighted by molar-refractivity contribution is 0.0745. The predicted molar refractivity (Wildman–Crippen MR) is 122 cm³/mol. The molecule has 0 bridgehead atoms. The minimum Gasteiger partial charge on any atom is -0.493 e. The highest BCUT2D eigenvalue weighted by atomic mass is 35.5. The Kier molecular flexibility index (Phi) is 6.28. The Hall–Kier alpha value is -3.53. The summed E-state index contributed by atoms with van der Waals surface area (Å²) >= 11 is 6.30. The highest BCUT2D eigenvalue weighted by Gasteiger charge is 2.31. The van der Waals surface area contributed by atoms with E-state index in [1.807, 2.05) is 13.8 Å². The largest absolute Gasteiger partial charge is 0.493 e. The van der Waals surface area contributed by atoms with E-state index in [4.69, 9.17) is 27.2 Å². The summed E-state index contributed by atoms with van der Waals surface area (Å²) in [6.07, 6.45) is 2.57. The molecule has 3 aromatic rings. The summed E-state index contributed by atoms with van der Waals surface area (Å²) < 4.78 is 21.3. The first kappa shape index (κ1) is 22.7. The maximum atomic E-state index is 13.9. The number of carbonyl (C=O) groups excluding carboxylic acids is 1. The van der Waals surface area contributed by atoms with Gasteiger partial charge in [-0.1, -0.05) is 11.6 Å². The molecule has 0 unspecified atom stereocenters. The van der Waals surface area contributed by atoms with Crippen molar-refractivity contribution in [1.29, 1.82) is 10.8 Å². The van der Waals surface area contributed by atoms with Gasteiger partial charge in [-0.3, -0.25) is 15.6 Å². The number of nitrogens with one attached hydrogen (secondary N) is 2. The lowest BCUT2D eigenvalue weighted by atomic mass is 10.1. The number of fused-ring (bicyclic) bond motifs is 3. The molecule has 3 heterocycles. The Labute approximate surface area is 194 Å². The average Bonchev–Trinajstić information content (AvgIpc) is 3.36. The topological polar surface area (TPSA) is 111 Å². The van der Waals surface area contributed by atoms with Crippen molar-refractivity contribution < 1.29 is 13.9 Å². The molecule has 0 atom stereocenters. The van der Waals surface area contributed by atoms with Crippen LogP contribution in [0.2, 0.25) is 5.02 Å². The molecule has 0 saturated heterocycles. The van der Waals surface area contributed by atoms with Gasteiger partial charge in [0.25, 0.3) is 5.91 Å². The molecule has 2 aromatic heterocycles. The lowest BCUT2D eigenvalue weighted by Gasteiger charge is -2.19. The first-order chi connectivity index (χ1) is 15.8. The molecule has 1 amide bonds. The fourth-order valence-electron chi connectivity index (χ4n) is 3.82. The van der Waals surface area contributed by atoms with Gasteiger partial charge >= 0.3 is 0 Å². The number of nitrogens with zero attached hydrogens (tertiary/aromatic N) is 5. The molecular weight excluding hydrogens is 449 g/mol. The number of halogens is 2. The molecule has 1 aliphatic rings. The normalized spacial score (nSPS) is 12.7. The number of benzene rings is 1. The average molecular weight is 472 g/mol. The van der Waals surface area contributed by atoms with Gasteiger partial charge in [0.2, 0.25) is 0 Å². The number of amides is 1. The van der Waals surface area contributed by atoms with Gasteiger partial charge in [0.05, 0.1) is 60.0 Å². The summed E-state index contributed by atoms with van der Waals surface area (Å²) in [7, 11) is 0. The fourth-order valence-corrected chi connectivity index (χ4v) is 3.94. The maximum absolute atomic E-state index is 13.9. The van der Waals surface area contributed by atoms with Crippen molar-refractivity contribution in [2.24, 2.45) is 0 Å². The van der Waals surface area contributed by atoms with Crippen LogP contribution in [0, 0.1) is 30.5 Å². The van der Waals surface area contributed by atoms with Gasteiger partial charge in [0, 0.05) is 18.2 Å². The van der Waals surface area contributed by atoms with E-state index in [1.54, 1.807) is 9.42 Å². The van der Waals surface area contributed by atoms with Crippen LogP contribution in [-0.4, -0.2) is 56.1 Å². The first-order valence-corrected chi connectivity index (χ1v) is 10.7. The zero-order valence-corrected chi connectivity index (χ0v) is 19.0. The van der Waals surface area contributed by atoms with Gasteiger partial charge in [-0.15, -0.1) is 0 Å². The molecule has 4 rings (SSSR count). The van der Waals surface area contributed by atoms with Crippen molar-refractivity contribution >= 4 is 35.8 Å². The second-order valence-electron chi connectivity index (χ2n) is 7.76. The molecule has 33 heavy (non-hydrogen) atoms. The van der Waals surface area contributed by atoms with Gasteiger partial charge in [0.15, 0.2) is 5.65 Å². The molecule has 0 saturated carbocycles. The number of carbonyl (C=O) groups is 1. The van der Waals surface area contributed by atoms with Crippen LogP contribution >= 0.6 is 11.6 Å². The van der Waals surface area contributed by atoms with Crippen LogP contribution < -0.4 is 4.74 Å². The molecule has 172 valence electrons. The van der Waals surface area contributed by atoms with Gasteiger partial charge in [-0.05, 0) is 32.4 Å². The Morgan fingerprint density at radius 2 is 2.06 bits per heavy atom. The predicted octanol–water partition coefficient (Wildman–Crippen LogP) is 3.58. The van der Waals surface area contributed by atoms with Crippen LogP contribution in [0.4, 0.5) is 4.39 Å². The van der Waals surface area contributed by atoms with Crippen LogP contribution in [0.1, 0.15) is 39.4 Å². The Bertz CT molecular complexity index is 1250. The van der Waals surface area contributed by atoms with Gasteiger partial charge in [0.1, 0.15) is 11.6 Å². The number of aromatic nitrogens is 3. The van der Waals surface area contributed by atoms with E-state index in [0.29, 0.717) is 42.4 Å². The van der Waals surface area contributed by atoms with E-state index in [0.717, 1.165) is 29.6 Å². The molecule has 1 aromatic carbocycles. The van der Waals surface area contributed by atoms with E-state index >= 15 is 0 Å². The summed E-state index contributed by atoms with van der Waals surface area (Å²) in [4.78, 5) is 20.9. The molecule has 0 spiro atoms. The first-order valence-electron chi connectivity index (χ1n) is 10.4. The molecule has 9 nitrogen and oxygen atoms in total. The van der Waals surface area contributed by atoms with E-state index in [2.05, 4.69) is 10.1 Å². The van der Waals surface area contributed by atoms with Crippen molar-refractivity contribution in [2.75, 3.05) is 13.2 Å². The van der Waals surface area contributed by atoms with Crippen molar-refractivity contribution in [3.8, 4) is 5.75 Å². The zero-order valence-electron chi connectivity index (χ0n) is 18.2. The number of ether oxygens (including phenoxy) is 1. The second kappa shape index (κ2) is 9.14. The number of aryl methyl sites for hydroxylation is 2. The van der Waals surface area contributed by atoms with Crippen LogP contribution in [-0.2, 0) is 13.1 Å². The van der Waals surface area contributed by atoms with Gasteiger partial charge < -0.3 is 14.5 Å². The smallest absolute Gasteiger partial charge is 0.258 e. The van der Waals surface area contributed by atoms with Crippen molar-refractivity contribution in [2.45, 2.75) is 33.4 Å². The Morgan fingerprint density at radius 3 is 2.79 bits per heavy atom. The quantitative estimate of drug-likeness (QED) is 0.296. The van der Waals surface area contributed by atoms with E-state index in [-0.39, 0.29) is 23.8 Å². The summed E-state index contributed by atoms with van der Waals surface area (Å²) in [6.45, 7) is 4.95. The SMILES string of the molecule is Cc1nc2c3c(nn2c(C)c1Cl)CN(C(=O)c1ccc(F)cc1OCCCN(C=N)C=N)C3. The lowest BCUT2D eigenvalue weighted by Crippen LogP contribution is -2.27. The third-order valence-corrected chi connectivity index (χ3v) is 6.11. The molecular formula is C22H23ClFN7O2. The molecule has 0 fully saturated rings. The standard InChI is InChI=1S/C22H23ClFN7O2/c1-13-20(23)14(2)31-21(27-13)17-9-30(10-18(17)28-31)22(32)16-5-4-15(24)8-19(16)33-7-3-6-29(11-25)12-26/h4-5,8,11-12,25-26H,3,6-7,9-10H2,1-2H3.